The van der Waals surface area contributed by atoms with Crippen LogP contribution in [0.15, 0.2) is 24.3 Å². The summed E-state index contributed by atoms with van der Waals surface area (Å²) in [5.74, 6) is 2.07. The van der Waals surface area contributed by atoms with Crippen LogP contribution in [0, 0.1) is 23.6 Å². The van der Waals surface area contributed by atoms with Crippen LogP contribution in [0.3, 0.4) is 0 Å². The highest BCUT2D eigenvalue weighted by atomic mass is 19.1. The molecular weight excluding hydrogens is 239 g/mol. The predicted octanol–water partition coefficient (Wildman–Crippen LogP) is 4.25. The van der Waals surface area contributed by atoms with E-state index in [0.29, 0.717) is 12.3 Å². The van der Waals surface area contributed by atoms with Crippen molar-refractivity contribution in [2.75, 3.05) is 0 Å². The van der Waals surface area contributed by atoms with Gasteiger partial charge in [0.15, 0.2) is 0 Å². The summed E-state index contributed by atoms with van der Waals surface area (Å²) < 4.78 is 13.4. The first-order valence-corrected chi connectivity index (χ1v) is 7.59. The van der Waals surface area contributed by atoms with Gasteiger partial charge in [-0.05, 0) is 67.6 Å². The zero-order valence-electron chi connectivity index (χ0n) is 11.6. The molecule has 2 aliphatic carbocycles. The second-order valence-electron chi connectivity index (χ2n) is 6.53. The Morgan fingerprint density at radius 2 is 2.16 bits per heavy atom. The molecule has 4 unspecified atom stereocenters. The fraction of sp³-hybridized carbons (Fsp3) is 0.647. The van der Waals surface area contributed by atoms with E-state index in [4.69, 9.17) is 0 Å². The lowest BCUT2D eigenvalue weighted by atomic mass is 9.76. The smallest absolute Gasteiger partial charge is 0.123 e. The third kappa shape index (κ3) is 2.43. The molecule has 1 aromatic carbocycles. The van der Waals surface area contributed by atoms with Crippen molar-refractivity contribution in [3.05, 3.63) is 35.6 Å². The van der Waals surface area contributed by atoms with Gasteiger partial charge in [0.25, 0.3) is 0 Å². The van der Waals surface area contributed by atoms with E-state index in [2.05, 4.69) is 0 Å². The highest BCUT2D eigenvalue weighted by molar-refractivity contribution is 5.23. The number of benzene rings is 1. The largest absolute Gasteiger partial charge is 0.385 e. The van der Waals surface area contributed by atoms with Gasteiger partial charge < -0.3 is 5.11 Å². The van der Waals surface area contributed by atoms with Crippen molar-refractivity contribution in [2.24, 2.45) is 17.8 Å². The lowest BCUT2D eigenvalue weighted by Gasteiger charge is -2.33. The lowest BCUT2D eigenvalue weighted by Crippen LogP contribution is -2.30. The molecule has 1 N–H and O–H groups in total. The number of hydrogen-bond acceptors (Lipinski definition) is 1. The standard InChI is InChI=1S/C17H23FO/c1-2-17(19,15-4-3-5-16(18)10-15)11-14-9-12-6-7-13(14)8-12/h3-5,10,12-14,19H,2,6-9,11H2,1H3. The summed E-state index contributed by atoms with van der Waals surface area (Å²) in [5.41, 5.74) is -0.102. The van der Waals surface area contributed by atoms with Crippen molar-refractivity contribution in [3.63, 3.8) is 0 Å². The molecule has 0 aromatic heterocycles. The SMILES string of the molecule is CCC(O)(CC1CC2CCC1C2)c1cccc(F)c1. The molecule has 0 saturated heterocycles. The van der Waals surface area contributed by atoms with E-state index >= 15 is 0 Å². The normalized spacial score (nSPS) is 32.5. The minimum Gasteiger partial charge on any atom is -0.385 e. The Hall–Kier alpha value is -0.890. The van der Waals surface area contributed by atoms with Crippen LogP contribution in [-0.4, -0.2) is 5.11 Å². The highest BCUT2D eigenvalue weighted by Crippen LogP contribution is 2.52. The second kappa shape index (κ2) is 4.90. The van der Waals surface area contributed by atoms with Crippen LogP contribution in [-0.2, 0) is 5.60 Å². The summed E-state index contributed by atoms with van der Waals surface area (Å²) in [5, 5.41) is 10.9. The number of halogens is 1. The Morgan fingerprint density at radius 1 is 1.32 bits per heavy atom. The van der Waals surface area contributed by atoms with Gasteiger partial charge in [0.2, 0.25) is 0 Å². The maximum absolute atomic E-state index is 13.4. The van der Waals surface area contributed by atoms with Gasteiger partial charge in [-0.2, -0.15) is 0 Å². The minimum atomic E-state index is -0.850. The molecule has 2 heteroatoms. The summed E-state index contributed by atoms with van der Waals surface area (Å²) in [6.07, 6.45) is 6.79. The monoisotopic (exact) mass is 262 g/mol. The number of fused-ring (bicyclic) bond motifs is 2. The first-order valence-electron chi connectivity index (χ1n) is 7.59. The van der Waals surface area contributed by atoms with Crippen LogP contribution < -0.4 is 0 Å². The molecule has 3 rings (SSSR count). The molecule has 2 bridgehead atoms. The molecule has 4 atom stereocenters. The molecule has 1 aromatic rings. The number of aliphatic hydroxyl groups is 1. The quantitative estimate of drug-likeness (QED) is 0.860. The predicted molar refractivity (Wildman–Crippen MR) is 74.1 cm³/mol. The third-order valence-electron chi connectivity index (χ3n) is 5.43. The van der Waals surface area contributed by atoms with Crippen molar-refractivity contribution < 1.29 is 9.50 Å². The Morgan fingerprint density at radius 3 is 2.74 bits per heavy atom. The van der Waals surface area contributed by atoms with Crippen LogP contribution in [0.4, 0.5) is 4.39 Å². The molecule has 0 radical (unpaired) electrons. The van der Waals surface area contributed by atoms with E-state index in [0.717, 1.165) is 23.8 Å². The molecule has 0 aliphatic heterocycles. The van der Waals surface area contributed by atoms with Crippen molar-refractivity contribution in [1.29, 1.82) is 0 Å². The van der Waals surface area contributed by atoms with Crippen LogP contribution in [0.2, 0.25) is 0 Å². The molecule has 0 amide bonds. The van der Waals surface area contributed by atoms with Gasteiger partial charge >= 0.3 is 0 Å². The Bertz CT molecular complexity index is 458. The van der Waals surface area contributed by atoms with Gasteiger partial charge in [0.1, 0.15) is 5.82 Å². The summed E-state index contributed by atoms with van der Waals surface area (Å²) in [6.45, 7) is 2.00. The second-order valence-corrected chi connectivity index (χ2v) is 6.53. The van der Waals surface area contributed by atoms with Gasteiger partial charge in [0.05, 0.1) is 5.60 Å². The average Bonchev–Trinajstić information content (AvgIpc) is 3.01. The summed E-state index contributed by atoms with van der Waals surface area (Å²) in [6, 6.07) is 6.50. The topological polar surface area (TPSA) is 20.2 Å². The van der Waals surface area contributed by atoms with E-state index in [9.17, 15) is 9.50 Å². The van der Waals surface area contributed by atoms with Gasteiger partial charge in [-0.25, -0.2) is 4.39 Å². The van der Waals surface area contributed by atoms with E-state index in [1.54, 1.807) is 6.07 Å². The minimum absolute atomic E-state index is 0.252. The first kappa shape index (κ1) is 13.1. The molecule has 0 spiro atoms. The van der Waals surface area contributed by atoms with Crippen molar-refractivity contribution in [3.8, 4) is 0 Å². The lowest BCUT2D eigenvalue weighted by molar-refractivity contribution is -0.00158. The Labute approximate surface area is 114 Å². The van der Waals surface area contributed by atoms with Gasteiger partial charge in [-0.1, -0.05) is 25.5 Å². The Balaban J connectivity index is 1.79. The maximum atomic E-state index is 13.4. The van der Waals surface area contributed by atoms with Crippen LogP contribution in [0.25, 0.3) is 0 Å². The van der Waals surface area contributed by atoms with Crippen molar-refractivity contribution in [2.45, 2.75) is 51.0 Å². The summed E-state index contributed by atoms with van der Waals surface area (Å²) in [7, 11) is 0. The Kier molecular flexibility index (Phi) is 3.38. The molecule has 0 heterocycles. The first-order chi connectivity index (χ1) is 9.10. The number of rotatable bonds is 4. The average molecular weight is 262 g/mol. The molecule has 2 saturated carbocycles. The molecule has 2 fully saturated rings. The van der Waals surface area contributed by atoms with Crippen LogP contribution in [0.5, 0.6) is 0 Å². The molecular formula is C17H23FO. The molecule has 104 valence electrons. The third-order valence-corrected chi connectivity index (χ3v) is 5.43. The fourth-order valence-corrected chi connectivity index (χ4v) is 4.30. The van der Waals surface area contributed by atoms with E-state index in [-0.39, 0.29) is 5.82 Å². The molecule has 19 heavy (non-hydrogen) atoms. The van der Waals surface area contributed by atoms with E-state index < -0.39 is 5.60 Å². The van der Waals surface area contributed by atoms with Gasteiger partial charge in [-0.3, -0.25) is 0 Å². The van der Waals surface area contributed by atoms with Gasteiger partial charge in [0, 0.05) is 0 Å². The van der Waals surface area contributed by atoms with E-state index in [1.165, 1.54) is 37.8 Å². The molecule has 1 nitrogen and oxygen atoms in total. The van der Waals surface area contributed by atoms with Gasteiger partial charge in [-0.15, -0.1) is 0 Å². The summed E-state index contributed by atoms with van der Waals surface area (Å²) >= 11 is 0. The zero-order valence-corrected chi connectivity index (χ0v) is 11.6. The molecule has 2 aliphatic rings. The number of hydrogen-bond donors (Lipinski definition) is 1. The van der Waals surface area contributed by atoms with Crippen molar-refractivity contribution in [1.82, 2.24) is 0 Å². The highest BCUT2D eigenvalue weighted by Gasteiger charge is 2.43. The van der Waals surface area contributed by atoms with Crippen molar-refractivity contribution >= 4 is 0 Å². The van der Waals surface area contributed by atoms with E-state index in [1.807, 2.05) is 13.0 Å². The van der Waals surface area contributed by atoms with Crippen LogP contribution in [0.1, 0.15) is 51.0 Å². The maximum Gasteiger partial charge on any atom is 0.123 e. The summed E-state index contributed by atoms with van der Waals surface area (Å²) in [4.78, 5) is 0. The van der Waals surface area contributed by atoms with Crippen LogP contribution >= 0.6 is 0 Å². The fourth-order valence-electron chi connectivity index (χ4n) is 4.30. The zero-order chi connectivity index (χ0) is 13.5.